The highest BCUT2D eigenvalue weighted by Gasteiger charge is 2.08. The van der Waals surface area contributed by atoms with Gasteiger partial charge in [0, 0.05) is 35.8 Å². The van der Waals surface area contributed by atoms with Crippen molar-refractivity contribution in [2.24, 2.45) is 4.99 Å². The van der Waals surface area contributed by atoms with Crippen molar-refractivity contribution in [3.63, 3.8) is 0 Å². The molecule has 0 aliphatic heterocycles. The molecule has 4 aromatic carbocycles. The maximum atomic E-state index is 12.3. The van der Waals surface area contributed by atoms with Crippen molar-refractivity contribution in [3.05, 3.63) is 116 Å². The number of carbonyl (C=O) groups excluding carboxylic acids is 2. The predicted octanol–water partition coefficient (Wildman–Crippen LogP) is 8.43. The maximum Gasteiger partial charge on any atom is 0.255 e. The number of nitrogens with one attached hydrogen (secondary N) is 2. The van der Waals surface area contributed by atoms with Gasteiger partial charge in [0.25, 0.3) is 5.91 Å². The second-order valence-corrected chi connectivity index (χ2v) is 9.41. The van der Waals surface area contributed by atoms with E-state index in [-0.39, 0.29) is 5.91 Å². The Kier molecular flexibility index (Phi) is 10.6. The van der Waals surface area contributed by atoms with Crippen LogP contribution < -0.4 is 16.4 Å². The van der Waals surface area contributed by atoms with Crippen LogP contribution in [0.1, 0.15) is 26.3 Å². The van der Waals surface area contributed by atoms with E-state index in [0.29, 0.717) is 48.3 Å². The Bertz CT molecular complexity index is 1470. The molecule has 0 fully saturated rings. The van der Waals surface area contributed by atoms with Crippen LogP contribution in [0.25, 0.3) is 0 Å². The zero-order chi connectivity index (χ0) is 27.7. The fourth-order valence-corrected chi connectivity index (χ4v) is 3.64. The SMILES string of the molecule is CNc1ccc(N)c(N=Cc2ccc(NC(=O)c3ccc(Cl)c(Cl)c3)cc2)c1.O=Cc1ccc(Cl)c(Cl)c1. The summed E-state index contributed by atoms with van der Waals surface area (Å²) in [5.41, 5.74) is 10.7. The molecule has 0 spiro atoms. The van der Waals surface area contributed by atoms with Gasteiger partial charge in [0.1, 0.15) is 6.29 Å². The summed E-state index contributed by atoms with van der Waals surface area (Å²) in [6.07, 6.45) is 2.44. The average molecular weight is 588 g/mol. The van der Waals surface area contributed by atoms with Crippen LogP contribution in [0.5, 0.6) is 0 Å². The minimum Gasteiger partial charge on any atom is -0.397 e. The highest BCUT2D eigenvalue weighted by molar-refractivity contribution is 6.42. The number of aldehydes is 1. The van der Waals surface area contributed by atoms with Crippen molar-refractivity contribution >= 4 is 87.6 Å². The number of hydrogen-bond donors (Lipinski definition) is 3. The van der Waals surface area contributed by atoms with Gasteiger partial charge in [-0.3, -0.25) is 14.6 Å². The summed E-state index contributed by atoms with van der Waals surface area (Å²) in [5.74, 6) is -0.267. The molecule has 4 N–H and O–H groups in total. The van der Waals surface area contributed by atoms with Crippen LogP contribution in [-0.2, 0) is 0 Å². The normalized spacial score (nSPS) is 10.4. The van der Waals surface area contributed by atoms with Crippen molar-refractivity contribution in [1.29, 1.82) is 0 Å². The molecular weight excluding hydrogens is 566 g/mol. The Morgan fingerprint density at radius 1 is 0.763 bits per heavy atom. The van der Waals surface area contributed by atoms with Crippen molar-refractivity contribution in [2.45, 2.75) is 0 Å². The second-order valence-electron chi connectivity index (χ2n) is 7.78. The number of nitrogens with two attached hydrogens (primary N) is 1. The molecule has 0 aliphatic rings. The first-order valence-corrected chi connectivity index (χ1v) is 12.6. The number of nitrogens with zero attached hydrogens (tertiary/aromatic N) is 1. The highest BCUT2D eigenvalue weighted by atomic mass is 35.5. The van der Waals surface area contributed by atoms with E-state index in [1.165, 1.54) is 12.1 Å². The predicted molar refractivity (Wildman–Crippen MR) is 160 cm³/mol. The lowest BCUT2D eigenvalue weighted by Gasteiger charge is -2.07. The lowest BCUT2D eigenvalue weighted by atomic mass is 10.2. The minimum absolute atomic E-state index is 0.267. The van der Waals surface area contributed by atoms with Crippen molar-refractivity contribution < 1.29 is 9.59 Å². The number of nitrogen functional groups attached to an aromatic ring is 1. The van der Waals surface area contributed by atoms with Gasteiger partial charge in [-0.1, -0.05) is 64.6 Å². The summed E-state index contributed by atoms with van der Waals surface area (Å²) in [7, 11) is 1.84. The monoisotopic (exact) mass is 586 g/mol. The van der Waals surface area contributed by atoms with Gasteiger partial charge >= 0.3 is 0 Å². The number of rotatable bonds is 6. The molecule has 10 heteroatoms. The van der Waals surface area contributed by atoms with E-state index < -0.39 is 0 Å². The number of benzene rings is 4. The molecule has 0 aromatic heterocycles. The van der Waals surface area contributed by atoms with Gasteiger partial charge < -0.3 is 16.4 Å². The minimum atomic E-state index is -0.267. The van der Waals surface area contributed by atoms with E-state index in [9.17, 15) is 9.59 Å². The van der Waals surface area contributed by atoms with Crippen molar-refractivity contribution in [2.75, 3.05) is 23.4 Å². The number of carbonyl (C=O) groups is 2. The summed E-state index contributed by atoms with van der Waals surface area (Å²) >= 11 is 23.0. The van der Waals surface area contributed by atoms with E-state index in [1.54, 1.807) is 48.7 Å². The third-order valence-electron chi connectivity index (χ3n) is 5.10. The number of amides is 1. The van der Waals surface area contributed by atoms with Crippen molar-refractivity contribution in [3.8, 4) is 0 Å². The zero-order valence-electron chi connectivity index (χ0n) is 20.0. The fraction of sp³-hybridized carbons (Fsp3) is 0.0357. The van der Waals surface area contributed by atoms with Gasteiger partial charge in [-0.2, -0.15) is 0 Å². The zero-order valence-corrected chi connectivity index (χ0v) is 23.0. The molecule has 194 valence electrons. The Hall–Kier alpha value is -3.55. The molecule has 0 aliphatic carbocycles. The van der Waals surface area contributed by atoms with Crippen LogP contribution in [0.3, 0.4) is 0 Å². The van der Waals surface area contributed by atoms with Crippen molar-refractivity contribution in [1.82, 2.24) is 0 Å². The average Bonchev–Trinajstić information content (AvgIpc) is 2.92. The van der Waals surface area contributed by atoms with E-state index in [0.717, 1.165) is 17.5 Å². The quantitative estimate of drug-likeness (QED) is 0.120. The Morgan fingerprint density at radius 2 is 1.37 bits per heavy atom. The summed E-state index contributed by atoms with van der Waals surface area (Å²) in [5, 5.41) is 7.48. The van der Waals surface area contributed by atoms with Gasteiger partial charge in [0.2, 0.25) is 0 Å². The smallest absolute Gasteiger partial charge is 0.255 e. The molecule has 4 rings (SSSR count). The Morgan fingerprint density at radius 3 is 1.97 bits per heavy atom. The number of hydrogen-bond acceptors (Lipinski definition) is 5. The molecular formula is C28H22Cl4N4O2. The standard InChI is InChI=1S/C21H18Cl2N4O.C7H4Cl2O/c1-25-16-7-9-19(24)20(11-16)26-12-13-2-5-15(6-3-13)27-21(28)14-4-8-17(22)18(23)10-14;8-6-2-1-5(4-10)3-7(6)9/h2-12,25H,24H2,1H3,(H,27,28);1-4H. The van der Waals surface area contributed by atoms with Crippen LogP contribution in [0.15, 0.2) is 83.9 Å². The molecule has 0 saturated carbocycles. The molecule has 0 atom stereocenters. The maximum absolute atomic E-state index is 12.3. The third-order valence-corrected chi connectivity index (χ3v) is 6.58. The summed E-state index contributed by atoms with van der Waals surface area (Å²) in [6, 6.07) is 22.3. The van der Waals surface area contributed by atoms with Crippen LogP contribution in [0.4, 0.5) is 22.7 Å². The summed E-state index contributed by atoms with van der Waals surface area (Å²) in [4.78, 5) is 26.9. The Balaban J connectivity index is 0.000000336. The lowest BCUT2D eigenvalue weighted by molar-refractivity contribution is 0.102. The number of anilines is 3. The molecule has 4 aromatic rings. The third kappa shape index (κ3) is 8.23. The van der Waals surface area contributed by atoms with Crippen LogP contribution in [-0.4, -0.2) is 25.5 Å². The van der Waals surface area contributed by atoms with Gasteiger partial charge in [-0.05, 0) is 66.2 Å². The first-order valence-electron chi connectivity index (χ1n) is 11.1. The molecule has 0 radical (unpaired) electrons. The van der Waals surface area contributed by atoms with Crippen LogP contribution >= 0.6 is 46.4 Å². The molecule has 1 amide bonds. The molecule has 0 bridgehead atoms. The number of halogens is 4. The Labute approximate surface area is 240 Å². The molecule has 0 saturated heterocycles. The van der Waals surface area contributed by atoms with E-state index in [1.807, 2.05) is 31.3 Å². The van der Waals surface area contributed by atoms with E-state index >= 15 is 0 Å². The summed E-state index contributed by atoms with van der Waals surface area (Å²) in [6.45, 7) is 0. The number of aliphatic imine (C=N–C) groups is 1. The molecule has 0 heterocycles. The topological polar surface area (TPSA) is 96.6 Å². The van der Waals surface area contributed by atoms with E-state index in [2.05, 4.69) is 15.6 Å². The highest BCUT2D eigenvalue weighted by Crippen LogP contribution is 2.26. The fourth-order valence-electron chi connectivity index (χ4n) is 3.03. The van der Waals surface area contributed by atoms with Crippen LogP contribution in [0, 0.1) is 0 Å². The van der Waals surface area contributed by atoms with E-state index in [4.69, 9.17) is 52.1 Å². The van der Waals surface area contributed by atoms with Gasteiger partial charge in [-0.15, -0.1) is 0 Å². The lowest BCUT2D eigenvalue weighted by Crippen LogP contribution is -2.11. The van der Waals surface area contributed by atoms with Gasteiger partial charge in [0.15, 0.2) is 0 Å². The molecule has 0 unspecified atom stereocenters. The molecule has 6 nitrogen and oxygen atoms in total. The largest absolute Gasteiger partial charge is 0.397 e. The van der Waals surface area contributed by atoms with Gasteiger partial charge in [-0.25, -0.2) is 0 Å². The first-order chi connectivity index (χ1) is 18.2. The first kappa shape index (κ1) is 29.0. The molecule has 38 heavy (non-hydrogen) atoms. The van der Waals surface area contributed by atoms with Gasteiger partial charge in [0.05, 0.1) is 31.5 Å². The summed E-state index contributed by atoms with van der Waals surface area (Å²) < 4.78 is 0. The second kappa shape index (κ2) is 13.8. The van der Waals surface area contributed by atoms with Crippen LogP contribution in [0.2, 0.25) is 20.1 Å².